The average molecular weight is 261 g/mol. The van der Waals surface area contributed by atoms with Gasteiger partial charge in [-0.2, -0.15) is 0 Å². The molecule has 0 heterocycles. The Hall–Kier alpha value is -1.55. The first kappa shape index (κ1) is 13.9. The molecule has 4 nitrogen and oxygen atoms in total. The number of nitrogens with two attached hydrogens (primary N) is 1. The lowest BCUT2D eigenvalue weighted by Crippen LogP contribution is -2.39. The molecule has 1 fully saturated rings. The number of anilines is 1. The van der Waals surface area contributed by atoms with Crippen LogP contribution < -0.4 is 11.1 Å². The second kappa shape index (κ2) is 6.06. The number of rotatable bonds is 3. The summed E-state index contributed by atoms with van der Waals surface area (Å²) in [5, 5.41) is 12.7. The average Bonchev–Trinajstić information content (AvgIpc) is 2.43. The van der Waals surface area contributed by atoms with E-state index in [1.807, 2.05) is 30.3 Å². The normalized spacial score (nSPS) is 28.1. The third kappa shape index (κ3) is 3.70. The molecule has 104 valence electrons. The van der Waals surface area contributed by atoms with Gasteiger partial charge in [-0.1, -0.05) is 25.1 Å². The molecule has 2 rings (SSSR count). The number of aliphatic hydroxyl groups excluding tert-OH is 1. The third-order valence-electron chi connectivity index (χ3n) is 3.90. The molecule has 1 saturated carbocycles. The van der Waals surface area contributed by atoms with Gasteiger partial charge < -0.3 is 16.2 Å². The highest BCUT2D eigenvalue weighted by Gasteiger charge is 2.33. The van der Waals surface area contributed by atoms with Crippen LogP contribution in [0.1, 0.15) is 32.6 Å². The molecular weight excluding hydrogens is 238 g/mol. The topological polar surface area (TPSA) is 70.6 Å². The summed E-state index contributed by atoms with van der Waals surface area (Å²) in [5.74, 6) is 1.10. The molecule has 4 heteroatoms. The first-order valence-electron chi connectivity index (χ1n) is 6.92. The van der Waals surface area contributed by atoms with Crippen molar-refractivity contribution in [1.29, 1.82) is 0 Å². The van der Waals surface area contributed by atoms with E-state index in [0.29, 0.717) is 5.96 Å². The summed E-state index contributed by atoms with van der Waals surface area (Å²) in [6.07, 6.45) is 4.01. The summed E-state index contributed by atoms with van der Waals surface area (Å²) in [7, 11) is 0. The SMILES string of the molecule is CC1CCC(CO)(N=C(N)Nc2ccccc2)CC1. The van der Waals surface area contributed by atoms with Gasteiger partial charge in [0.2, 0.25) is 0 Å². The highest BCUT2D eigenvalue weighted by Crippen LogP contribution is 2.34. The molecule has 0 aliphatic heterocycles. The first-order chi connectivity index (χ1) is 9.13. The zero-order valence-electron chi connectivity index (χ0n) is 11.5. The van der Waals surface area contributed by atoms with Gasteiger partial charge in [0, 0.05) is 5.69 Å². The van der Waals surface area contributed by atoms with E-state index in [-0.39, 0.29) is 6.61 Å². The van der Waals surface area contributed by atoms with Crippen LogP contribution >= 0.6 is 0 Å². The molecule has 0 unspecified atom stereocenters. The summed E-state index contributed by atoms with van der Waals surface area (Å²) in [4.78, 5) is 4.55. The standard InChI is InChI=1S/C15H23N3O/c1-12-7-9-15(11-19,10-8-12)18-14(16)17-13-5-3-2-4-6-13/h2-6,12,19H,7-11H2,1H3,(H3,16,17,18). The molecule has 0 bridgehead atoms. The number of nitrogens with zero attached hydrogens (tertiary/aromatic N) is 1. The fraction of sp³-hybridized carbons (Fsp3) is 0.533. The fourth-order valence-electron chi connectivity index (χ4n) is 2.56. The van der Waals surface area contributed by atoms with Gasteiger partial charge in [-0.15, -0.1) is 0 Å². The van der Waals surface area contributed by atoms with Gasteiger partial charge in [0.25, 0.3) is 0 Å². The van der Waals surface area contributed by atoms with Gasteiger partial charge in [-0.25, -0.2) is 4.99 Å². The van der Waals surface area contributed by atoms with Crippen molar-refractivity contribution in [1.82, 2.24) is 0 Å². The summed E-state index contributed by atoms with van der Waals surface area (Å²) in [6.45, 7) is 2.31. The second-order valence-electron chi connectivity index (χ2n) is 5.55. The van der Waals surface area contributed by atoms with E-state index in [9.17, 15) is 5.11 Å². The van der Waals surface area contributed by atoms with Crippen LogP contribution in [0.15, 0.2) is 35.3 Å². The number of para-hydroxylation sites is 1. The molecule has 1 aliphatic rings. The Morgan fingerprint density at radius 1 is 1.37 bits per heavy atom. The van der Waals surface area contributed by atoms with Crippen LogP contribution in [0, 0.1) is 5.92 Å². The van der Waals surface area contributed by atoms with E-state index in [1.54, 1.807) is 0 Å². The molecule has 1 aromatic rings. The van der Waals surface area contributed by atoms with Crippen LogP contribution in [0.5, 0.6) is 0 Å². The number of aliphatic imine (C=N–C) groups is 1. The predicted octanol–water partition coefficient (Wildman–Crippen LogP) is 2.35. The monoisotopic (exact) mass is 261 g/mol. The van der Waals surface area contributed by atoms with Crippen molar-refractivity contribution in [3.05, 3.63) is 30.3 Å². The Bertz CT molecular complexity index is 422. The van der Waals surface area contributed by atoms with Gasteiger partial charge >= 0.3 is 0 Å². The smallest absolute Gasteiger partial charge is 0.193 e. The number of benzene rings is 1. The van der Waals surface area contributed by atoms with Crippen LogP contribution in [0.2, 0.25) is 0 Å². The lowest BCUT2D eigenvalue weighted by Gasteiger charge is -2.34. The van der Waals surface area contributed by atoms with E-state index in [0.717, 1.165) is 37.3 Å². The van der Waals surface area contributed by atoms with Gasteiger partial charge in [0.05, 0.1) is 12.1 Å². The van der Waals surface area contributed by atoms with Crippen molar-refractivity contribution in [2.45, 2.75) is 38.1 Å². The Kier molecular flexibility index (Phi) is 4.43. The predicted molar refractivity (Wildman–Crippen MR) is 79.1 cm³/mol. The molecule has 0 atom stereocenters. The van der Waals surface area contributed by atoms with Crippen LogP contribution in [0.3, 0.4) is 0 Å². The minimum absolute atomic E-state index is 0.0664. The quantitative estimate of drug-likeness (QED) is 0.578. The largest absolute Gasteiger partial charge is 0.394 e. The number of aliphatic hydroxyl groups is 1. The minimum atomic E-state index is -0.391. The first-order valence-corrected chi connectivity index (χ1v) is 6.92. The van der Waals surface area contributed by atoms with Crippen LogP contribution in [-0.2, 0) is 0 Å². The summed E-state index contributed by atoms with van der Waals surface area (Å²) in [6, 6.07) is 9.73. The van der Waals surface area contributed by atoms with Gasteiger partial charge in [-0.05, 0) is 43.7 Å². The molecule has 19 heavy (non-hydrogen) atoms. The number of hydrogen-bond acceptors (Lipinski definition) is 2. The van der Waals surface area contributed by atoms with E-state index in [4.69, 9.17) is 5.73 Å². The van der Waals surface area contributed by atoms with Gasteiger partial charge in [0.15, 0.2) is 5.96 Å². The Labute approximate surface area is 114 Å². The lowest BCUT2D eigenvalue weighted by atomic mass is 9.78. The van der Waals surface area contributed by atoms with E-state index >= 15 is 0 Å². The van der Waals surface area contributed by atoms with Crippen molar-refractivity contribution >= 4 is 11.6 Å². The molecule has 0 spiro atoms. The molecule has 0 saturated heterocycles. The van der Waals surface area contributed by atoms with Crippen molar-refractivity contribution in [2.75, 3.05) is 11.9 Å². The maximum Gasteiger partial charge on any atom is 0.193 e. The van der Waals surface area contributed by atoms with E-state index in [2.05, 4.69) is 17.2 Å². The van der Waals surface area contributed by atoms with E-state index in [1.165, 1.54) is 0 Å². The third-order valence-corrected chi connectivity index (χ3v) is 3.90. The molecule has 1 aliphatic carbocycles. The molecular formula is C15H23N3O. The summed E-state index contributed by atoms with van der Waals surface area (Å²) < 4.78 is 0. The Morgan fingerprint density at radius 3 is 2.58 bits per heavy atom. The zero-order chi connectivity index (χ0) is 13.7. The molecule has 0 amide bonds. The Morgan fingerprint density at radius 2 is 2.00 bits per heavy atom. The zero-order valence-corrected chi connectivity index (χ0v) is 11.5. The van der Waals surface area contributed by atoms with Crippen LogP contribution in [0.4, 0.5) is 5.69 Å². The second-order valence-corrected chi connectivity index (χ2v) is 5.55. The maximum absolute atomic E-state index is 9.65. The maximum atomic E-state index is 9.65. The van der Waals surface area contributed by atoms with Gasteiger partial charge in [-0.3, -0.25) is 0 Å². The van der Waals surface area contributed by atoms with Crippen molar-refractivity contribution < 1.29 is 5.11 Å². The van der Waals surface area contributed by atoms with Gasteiger partial charge in [0.1, 0.15) is 0 Å². The Balaban J connectivity index is 2.05. The highest BCUT2D eigenvalue weighted by atomic mass is 16.3. The van der Waals surface area contributed by atoms with Crippen LogP contribution in [0.25, 0.3) is 0 Å². The fourth-order valence-corrected chi connectivity index (χ4v) is 2.56. The summed E-state index contributed by atoms with van der Waals surface area (Å²) in [5.41, 5.74) is 6.49. The van der Waals surface area contributed by atoms with Crippen molar-refractivity contribution in [3.8, 4) is 0 Å². The molecule has 0 radical (unpaired) electrons. The highest BCUT2D eigenvalue weighted by molar-refractivity contribution is 5.92. The number of guanidine groups is 1. The lowest BCUT2D eigenvalue weighted by molar-refractivity contribution is 0.141. The van der Waals surface area contributed by atoms with Crippen molar-refractivity contribution in [3.63, 3.8) is 0 Å². The van der Waals surface area contributed by atoms with Crippen LogP contribution in [-0.4, -0.2) is 23.2 Å². The number of hydrogen-bond donors (Lipinski definition) is 3. The molecule has 1 aromatic carbocycles. The minimum Gasteiger partial charge on any atom is -0.394 e. The van der Waals surface area contributed by atoms with E-state index < -0.39 is 5.54 Å². The molecule has 4 N–H and O–H groups in total. The number of nitrogens with one attached hydrogen (secondary N) is 1. The summed E-state index contributed by atoms with van der Waals surface area (Å²) >= 11 is 0. The molecule has 0 aromatic heterocycles. The van der Waals surface area contributed by atoms with Crippen molar-refractivity contribution in [2.24, 2.45) is 16.6 Å².